The predicted octanol–water partition coefficient (Wildman–Crippen LogP) is 3.13. The van der Waals surface area contributed by atoms with Crippen LogP contribution in [-0.2, 0) is 21.2 Å². The molecule has 6 nitrogen and oxygen atoms in total. The lowest BCUT2D eigenvalue weighted by molar-refractivity contribution is -0.121. The fourth-order valence-electron chi connectivity index (χ4n) is 3.07. The molecular formula is C21H27FN2O4S. The summed E-state index contributed by atoms with van der Waals surface area (Å²) < 4.78 is 44.5. The van der Waals surface area contributed by atoms with Crippen molar-refractivity contribution in [2.45, 2.75) is 32.7 Å². The Morgan fingerprint density at radius 3 is 2.59 bits per heavy atom. The molecule has 0 saturated carbocycles. The lowest BCUT2D eigenvalue weighted by Crippen LogP contribution is -2.48. The molecule has 1 N–H and O–H groups in total. The number of ether oxygens (including phenoxy) is 1. The summed E-state index contributed by atoms with van der Waals surface area (Å²) in [5.74, 6) is -0.196. The number of carbonyl (C=O) groups excluding carboxylic acids is 1. The van der Waals surface area contributed by atoms with E-state index < -0.39 is 27.8 Å². The van der Waals surface area contributed by atoms with Gasteiger partial charge in [0.2, 0.25) is 15.9 Å². The van der Waals surface area contributed by atoms with E-state index in [4.69, 9.17) is 4.74 Å². The van der Waals surface area contributed by atoms with E-state index in [-0.39, 0.29) is 5.69 Å². The summed E-state index contributed by atoms with van der Waals surface area (Å²) in [7, 11) is -3.78. The second-order valence-electron chi connectivity index (χ2n) is 6.65. The van der Waals surface area contributed by atoms with Crippen LogP contribution in [0.2, 0.25) is 0 Å². The highest BCUT2D eigenvalue weighted by Crippen LogP contribution is 2.22. The lowest BCUT2D eigenvalue weighted by Gasteiger charge is -2.28. The van der Waals surface area contributed by atoms with Gasteiger partial charge in [-0.05, 0) is 56.5 Å². The summed E-state index contributed by atoms with van der Waals surface area (Å²) in [6, 6.07) is 11.9. The molecule has 0 aliphatic rings. The lowest BCUT2D eigenvalue weighted by atomic mass is 10.1. The summed E-state index contributed by atoms with van der Waals surface area (Å²) in [5, 5.41) is 2.76. The summed E-state index contributed by atoms with van der Waals surface area (Å²) in [5.41, 5.74) is 1.16. The number of hydrogen-bond acceptors (Lipinski definition) is 4. The molecule has 0 bridgehead atoms. The highest BCUT2D eigenvalue weighted by molar-refractivity contribution is 7.92. The Kier molecular flexibility index (Phi) is 8.01. The van der Waals surface area contributed by atoms with Gasteiger partial charge in [0.05, 0.1) is 18.6 Å². The fraction of sp³-hybridized carbons (Fsp3) is 0.381. The van der Waals surface area contributed by atoms with E-state index in [1.807, 2.05) is 31.2 Å². The number of rotatable bonds is 10. The molecule has 1 amide bonds. The van der Waals surface area contributed by atoms with Crippen molar-refractivity contribution in [2.75, 3.05) is 23.7 Å². The van der Waals surface area contributed by atoms with Gasteiger partial charge in [0.1, 0.15) is 17.6 Å². The first-order valence-electron chi connectivity index (χ1n) is 9.47. The predicted molar refractivity (Wildman–Crippen MR) is 112 cm³/mol. The molecule has 0 heterocycles. The number of amides is 1. The highest BCUT2D eigenvalue weighted by Gasteiger charge is 2.29. The van der Waals surface area contributed by atoms with Crippen LogP contribution >= 0.6 is 0 Å². The minimum Gasteiger partial charge on any atom is -0.494 e. The Labute approximate surface area is 171 Å². The van der Waals surface area contributed by atoms with Gasteiger partial charge in [0.25, 0.3) is 0 Å². The Hall–Kier alpha value is -2.61. The Morgan fingerprint density at radius 2 is 1.93 bits per heavy atom. The third-order valence-corrected chi connectivity index (χ3v) is 5.59. The van der Waals surface area contributed by atoms with E-state index in [2.05, 4.69) is 5.32 Å². The smallest absolute Gasteiger partial charge is 0.243 e. The first-order valence-corrected chi connectivity index (χ1v) is 11.3. The van der Waals surface area contributed by atoms with Crippen LogP contribution in [0.5, 0.6) is 5.75 Å². The molecule has 0 radical (unpaired) electrons. The molecule has 2 aromatic carbocycles. The van der Waals surface area contributed by atoms with Gasteiger partial charge in [0, 0.05) is 6.54 Å². The van der Waals surface area contributed by atoms with Crippen molar-refractivity contribution in [3.05, 3.63) is 59.9 Å². The topological polar surface area (TPSA) is 75.7 Å². The molecular weight excluding hydrogens is 395 g/mol. The average Bonchev–Trinajstić information content (AvgIpc) is 2.65. The van der Waals surface area contributed by atoms with Gasteiger partial charge in [-0.25, -0.2) is 12.8 Å². The monoisotopic (exact) mass is 422 g/mol. The highest BCUT2D eigenvalue weighted by atomic mass is 32.2. The SMILES string of the molecule is CCOc1ccccc1CCCNC(=O)[C@@H](C)N(c1cccc(F)c1)S(C)(=O)=O. The Morgan fingerprint density at radius 1 is 1.21 bits per heavy atom. The van der Waals surface area contributed by atoms with Gasteiger partial charge >= 0.3 is 0 Å². The normalized spacial score (nSPS) is 12.3. The van der Waals surface area contributed by atoms with Gasteiger partial charge in [-0.2, -0.15) is 0 Å². The maximum absolute atomic E-state index is 13.5. The summed E-state index contributed by atoms with van der Waals surface area (Å²) >= 11 is 0. The molecule has 1 atom stereocenters. The van der Waals surface area contributed by atoms with Crippen LogP contribution in [0, 0.1) is 5.82 Å². The van der Waals surface area contributed by atoms with Crippen LogP contribution < -0.4 is 14.4 Å². The largest absolute Gasteiger partial charge is 0.494 e. The van der Waals surface area contributed by atoms with Gasteiger partial charge in [0.15, 0.2) is 0 Å². The van der Waals surface area contributed by atoms with E-state index in [0.29, 0.717) is 26.0 Å². The third-order valence-electron chi connectivity index (χ3n) is 4.35. The molecule has 2 aromatic rings. The van der Waals surface area contributed by atoms with E-state index >= 15 is 0 Å². The molecule has 29 heavy (non-hydrogen) atoms. The second-order valence-corrected chi connectivity index (χ2v) is 8.51. The van der Waals surface area contributed by atoms with Crippen LogP contribution in [0.25, 0.3) is 0 Å². The number of aryl methyl sites for hydroxylation is 1. The molecule has 0 fully saturated rings. The molecule has 8 heteroatoms. The minimum absolute atomic E-state index is 0.112. The second kappa shape index (κ2) is 10.2. The maximum atomic E-state index is 13.5. The zero-order valence-corrected chi connectivity index (χ0v) is 17.7. The summed E-state index contributed by atoms with van der Waals surface area (Å²) in [6.45, 7) is 4.35. The molecule has 0 aliphatic heterocycles. The molecule has 158 valence electrons. The zero-order valence-electron chi connectivity index (χ0n) is 16.9. The van der Waals surface area contributed by atoms with Gasteiger partial charge < -0.3 is 10.1 Å². The number of sulfonamides is 1. The maximum Gasteiger partial charge on any atom is 0.243 e. The van der Waals surface area contributed by atoms with Crippen molar-refractivity contribution in [3.8, 4) is 5.75 Å². The first kappa shape index (κ1) is 22.7. The van der Waals surface area contributed by atoms with Gasteiger partial charge in [-0.15, -0.1) is 0 Å². The number of benzene rings is 2. The summed E-state index contributed by atoms with van der Waals surface area (Å²) in [6.07, 6.45) is 2.37. The van der Waals surface area contributed by atoms with Crippen LogP contribution in [0.1, 0.15) is 25.8 Å². The average molecular weight is 423 g/mol. The summed E-state index contributed by atoms with van der Waals surface area (Å²) in [4.78, 5) is 12.5. The number of halogens is 1. The number of carbonyl (C=O) groups is 1. The standard InChI is InChI=1S/C21H27FN2O4S/c1-4-28-20-13-6-5-9-17(20)10-8-14-23-21(25)16(2)24(29(3,26)27)19-12-7-11-18(22)15-19/h5-7,9,11-13,15-16H,4,8,10,14H2,1-3H3,(H,23,25)/t16-/m1/s1. The molecule has 0 saturated heterocycles. The molecule has 0 spiro atoms. The van der Waals surface area contributed by atoms with Gasteiger partial charge in [-0.3, -0.25) is 9.10 Å². The van der Waals surface area contributed by atoms with Crippen molar-refractivity contribution in [1.82, 2.24) is 5.32 Å². The van der Waals surface area contributed by atoms with E-state index in [1.54, 1.807) is 0 Å². The minimum atomic E-state index is -3.78. The Balaban J connectivity index is 1.98. The van der Waals surface area contributed by atoms with E-state index in [9.17, 15) is 17.6 Å². The number of hydrogen-bond donors (Lipinski definition) is 1. The molecule has 0 unspecified atom stereocenters. The van der Waals surface area contributed by atoms with Crippen LogP contribution in [0.15, 0.2) is 48.5 Å². The van der Waals surface area contributed by atoms with E-state index in [1.165, 1.54) is 25.1 Å². The van der Waals surface area contributed by atoms with Crippen molar-refractivity contribution in [2.24, 2.45) is 0 Å². The van der Waals surface area contributed by atoms with Crippen LogP contribution in [0.3, 0.4) is 0 Å². The van der Waals surface area contributed by atoms with Crippen molar-refractivity contribution in [3.63, 3.8) is 0 Å². The van der Waals surface area contributed by atoms with Crippen molar-refractivity contribution in [1.29, 1.82) is 0 Å². The first-order chi connectivity index (χ1) is 13.7. The number of nitrogens with zero attached hydrogens (tertiary/aromatic N) is 1. The number of anilines is 1. The van der Waals surface area contributed by atoms with Crippen molar-refractivity contribution < 1.29 is 22.3 Å². The van der Waals surface area contributed by atoms with Crippen molar-refractivity contribution >= 4 is 21.6 Å². The van der Waals surface area contributed by atoms with Gasteiger partial charge in [-0.1, -0.05) is 24.3 Å². The van der Waals surface area contributed by atoms with Crippen LogP contribution in [-0.4, -0.2) is 39.8 Å². The molecule has 0 aliphatic carbocycles. The zero-order chi connectivity index (χ0) is 21.4. The quantitative estimate of drug-likeness (QED) is 0.597. The fourth-order valence-corrected chi connectivity index (χ4v) is 4.23. The molecule has 2 rings (SSSR count). The Bertz CT molecular complexity index is 934. The number of nitrogens with one attached hydrogen (secondary N) is 1. The number of para-hydroxylation sites is 1. The van der Waals surface area contributed by atoms with E-state index in [0.717, 1.165) is 27.9 Å². The van der Waals surface area contributed by atoms with Crippen LogP contribution in [0.4, 0.5) is 10.1 Å². The third kappa shape index (κ3) is 6.45. The molecule has 0 aromatic heterocycles.